The van der Waals surface area contributed by atoms with Crippen LogP contribution in [0.3, 0.4) is 0 Å². The van der Waals surface area contributed by atoms with Gasteiger partial charge in [-0.25, -0.2) is 12.7 Å². The highest BCUT2D eigenvalue weighted by atomic mass is 32.2. The van der Waals surface area contributed by atoms with E-state index in [1.165, 1.54) is 35.7 Å². The SMILES string of the molecule is CCCCN(C)S(=O)(=O)c1ccc(C(=O)Nc2ccccc2OC)cc1. The number of hydrogen-bond acceptors (Lipinski definition) is 4. The van der Waals surface area contributed by atoms with Gasteiger partial charge in [-0.05, 0) is 42.8 Å². The number of nitrogens with zero attached hydrogens (tertiary/aromatic N) is 1. The molecular weight excluding hydrogens is 352 g/mol. The minimum absolute atomic E-state index is 0.171. The smallest absolute Gasteiger partial charge is 0.255 e. The van der Waals surface area contributed by atoms with Crippen LogP contribution >= 0.6 is 0 Å². The fourth-order valence-electron chi connectivity index (χ4n) is 2.40. The van der Waals surface area contributed by atoms with Crippen molar-refractivity contribution in [2.75, 3.05) is 26.0 Å². The maximum Gasteiger partial charge on any atom is 0.255 e. The first kappa shape index (κ1) is 19.9. The highest BCUT2D eigenvalue weighted by molar-refractivity contribution is 7.89. The fraction of sp³-hybridized carbons (Fsp3) is 0.316. The Bertz CT molecular complexity index is 848. The van der Waals surface area contributed by atoms with Crippen LogP contribution in [0.5, 0.6) is 5.75 Å². The van der Waals surface area contributed by atoms with Crippen LogP contribution in [0.25, 0.3) is 0 Å². The molecule has 7 heteroatoms. The van der Waals surface area contributed by atoms with Crippen molar-refractivity contribution in [1.29, 1.82) is 0 Å². The molecule has 0 saturated carbocycles. The Morgan fingerprint density at radius 2 is 1.77 bits per heavy atom. The molecule has 0 aromatic heterocycles. The number of rotatable bonds is 8. The van der Waals surface area contributed by atoms with Crippen molar-refractivity contribution in [2.24, 2.45) is 0 Å². The largest absolute Gasteiger partial charge is 0.495 e. The van der Waals surface area contributed by atoms with E-state index >= 15 is 0 Å². The zero-order chi connectivity index (χ0) is 19.2. The van der Waals surface area contributed by atoms with E-state index in [1.807, 2.05) is 13.0 Å². The topological polar surface area (TPSA) is 75.7 Å². The Balaban J connectivity index is 2.15. The first-order valence-electron chi connectivity index (χ1n) is 8.41. The summed E-state index contributed by atoms with van der Waals surface area (Å²) in [5, 5.41) is 2.76. The monoisotopic (exact) mass is 376 g/mol. The number of carbonyl (C=O) groups is 1. The molecule has 0 bridgehead atoms. The molecule has 0 atom stereocenters. The van der Waals surface area contributed by atoms with Gasteiger partial charge in [0.25, 0.3) is 5.91 Å². The average molecular weight is 376 g/mol. The summed E-state index contributed by atoms with van der Waals surface area (Å²) in [5.74, 6) is 0.218. The number of methoxy groups -OCH3 is 1. The van der Waals surface area contributed by atoms with Crippen molar-refractivity contribution in [2.45, 2.75) is 24.7 Å². The van der Waals surface area contributed by atoms with E-state index < -0.39 is 10.0 Å². The zero-order valence-corrected chi connectivity index (χ0v) is 16.0. The number of ether oxygens (including phenoxy) is 1. The molecule has 0 heterocycles. The third-order valence-electron chi connectivity index (χ3n) is 4.01. The summed E-state index contributed by atoms with van der Waals surface area (Å²) < 4.78 is 31.5. The second kappa shape index (κ2) is 8.82. The van der Waals surface area contributed by atoms with Crippen molar-refractivity contribution >= 4 is 21.6 Å². The maximum absolute atomic E-state index is 12.5. The van der Waals surface area contributed by atoms with Gasteiger partial charge in [-0.1, -0.05) is 25.5 Å². The van der Waals surface area contributed by atoms with Crippen LogP contribution < -0.4 is 10.1 Å². The Hall–Kier alpha value is -2.38. The third kappa shape index (κ3) is 4.62. The van der Waals surface area contributed by atoms with Gasteiger partial charge < -0.3 is 10.1 Å². The van der Waals surface area contributed by atoms with Gasteiger partial charge in [-0.15, -0.1) is 0 Å². The molecule has 0 radical (unpaired) electrons. The van der Waals surface area contributed by atoms with Gasteiger partial charge in [0.1, 0.15) is 5.75 Å². The van der Waals surface area contributed by atoms with Gasteiger partial charge >= 0.3 is 0 Å². The number of amides is 1. The molecule has 0 saturated heterocycles. The van der Waals surface area contributed by atoms with E-state index in [1.54, 1.807) is 25.2 Å². The van der Waals surface area contributed by atoms with E-state index in [-0.39, 0.29) is 10.8 Å². The standard InChI is InChI=1S/C19H24N2O4S/c1-4-5-14-21(2)26(23,24)16-12-10-15(11-13-16)19(22)20-17-8-6-7-9-18(17)25-3/h6-13H,4-5,14H2,1-3H3,(H,20,22). The van der Waals surface area contributed by atoms with Crippen molar-refractivity contribution in [1.82, 2.24) is 4.31 Å². The molecular formula is C19H24N2O4S. The molecule has 0 fully saturated rings. The molecule has 0 aliphatic heterocycles. The highest BCUT2D eigenvalue weighted by Crippen LogP contribution is 2.24. The molecule has 0 aliphatic rings. The molecule has 0 aliphatic carbocycles. The van der Waals surface area contributed by atoms with E-state index in [4.69, 9.17) is 4.74 Å². The van der Waals surface area contributed by atoms with Crippen LogP contribution in [-0.4, -0.2) is 39.3 Å². The van der Waals surface area contributed by atoms with E-state index in [0.717, 1.165) is 12.8 Å². The van der Waals surface area contributed by atoms with Crippen LogP contribution in [0.15, 0.2) is 53.4 Å². The number of benzene rings is 2. The van der Waals surface area contributed by atoms with Gasteiger partial charge in [-0.2, -0.15) is 0 Å². The van der Waals surface area contributed by atoms with Crippen molar-refractivity contribution in [3.8, 4) is 5.75 Å². The van der Waals surface area contributed by atoms with Crippen LogP contribution in [0.4, 0.5) is 5.69 Å². The minimum Gasteiger partial charge on any atom is -0.495 e. The number of anilines is 1. The molecule has 140 valence electrons. The minimum atomic E-state index is -3.54. The fourth-order valence-corrected chi connectivity index (χ4v) is 3.61. The molecule has 0 unspecified atom stereocenters. The van der Waals surface area contributed by atoms with Crippen LogP contribution in [-0.2, 0) is 10.0 Å². The predicted molar refractivity (Wildman–Crippen MR) is 102 cm³/mol. The quantitative estimate of drug-likeness (QED) is 0.766. The summed E-state index contributed by atoms with van der Waals surface area (Å²) >= 11 is 0. The molecule has 1 amide bonds. The zero-order valence-electron chi connectivity index (χ0n) is 15.2. The molecule has 6 nitrogen and oxygen atoms in total. The third-order valence-corrected chi connectivity index (χ3v) is 5.88. The Kier molecular flexibility index (Phi) is 6.76. The van der Waals surface area contributed by atoms with Gasteiger partial charge in [-0.3, -0.25) is 4.79 Å². The molecule has 2 aromatic rings. The van der Waals surface area contributed by atoms with Gasteiger partial charge in [0.15, 0.2) is 0 Å². The Morgan fingerprint density at radius 3 is 2.38 bits per heavy atom. The number of carbonyl (C=O) groups excluding carboxylic acids is 1. The van der Waals surface area contributed by atoms with E-state index in [0.29, 0.717) is 23.5 Å². The van der Waals surface area contributed by atoms with Crippen molar-refractivity contribution < 1.29 is 17.9 Å². The summed E-state index contributed by atoms with van der Waals surface area (Å²) in [4.78, 5) is 12.6. The normalized spacial score (nSPS) is 11.4. The Morgan fingerprint density at radius 1 is 1.12 bits per heavy atom. The number of sulfonamides is 1. The van der Waals surface area contributed by atoms with Crippen molar-refractivity contribution in [3.05, 3.63) is 54.1 Å². The lowest BCUT2D eigenvalue weighted by Crippen LogP contribution is -2.28. The lowest BCUT2D eigenvalue weighted by molar-refractivity contribution is 0.102. The molecule has 2 aromatic carbocycles. The van der Waals surface area contributed by atoms with Gasteiger partial charge in [0, 0.05) is 19.2 Å². The number of nitrogens with one attached hydrogen (secondary N) is 1. The first-order chi connectivity index (χ1) is 12.4. The summed E-state index contributed by atoms with van der Waals surface area (Å²) in [6.07, 6.45) is 1.72. The lowest BCUT2D eigenvalue weighted by atomic mass is 10.2. The van der Waals surface area contributed by atoms with E-state index in [9.17, 15) is 13.2 Å². The average Bonchev–Trinajstić information content (AvgIpc) is 2.66. The van der Waals surface area contributed by atoms with Crippen LogP contribution in [0.2, 0.25) is 0 Å². The van der Waals surface area contributed by atoms with Crippen LogP contribution in [0.1, 0.15) is 30.1 Å². The van der Waals surface area contributed by atoms with Gasteiger partial charge in [0.2, 0.25) is 10.0 Å². The lowest BCUT2D eigenvalue weighted by Gasteiger charge is -2.17. The number of hydrogen-bond donors (Lipinski definition) is 1. The molecule has 0 spiro atoms. The molecule has 1 N–H and O–H groups in total. The van der Waals surface area contributed by atoms with Gasteiger partial charge in [0.05, 0.1) is 17.7 Å². The summed E-state index contributed by atoms with van der Waals surface area (Å²) in [6, 6.07) is 13.0. The second-order valence-electron chi connectivity index (χ2n) is 5.86. The number of para-hydroxylation sites is 2. The Labute approximate surface area is 154 Å². The molecule has 2 rings (SSSR count). The summed E-state index contributed by atoms with van der Waals surface area (Å²) in [6.45, 7) is 2.48. The first-order valence-corrected chi connectivity index (χ1v) is 9.85. The summed E-state index contributed by atoms with van der Waals surface area (Å²) in [5.41, 5.74) is 0.919. The van der Waals surface area contributed by atoms with E-state index in [2.05, 4.69) is 5.32 Å². The number of unbranched alkanes of at least 4 members (excludes halogenated alkanes) is 1. The van der Waals surface area contributed by atoms with Crippen LogP contribution in [0, 0.1) is 0 Å². The van der Waals surface area contributed by atoms with Crippen molar-refractivity contribution in [3.63, 3.8) is 0 Å². The summed E-state index contributed by atoms with van der Waals surface area (Å²) in [7, 11) is -0.451. The second-order valence-corrected chi connectivity index (χ2v) is 7.90. The predicted octanol–water partition coefficient (Wildman–Crippen LogP) is 3.37. The molecule has 26 heavy (non-hydrogen) atoms. The maximum atomic E-state index is 12.5. The highest BCUT2D eigenvalue weighted by Gasteiger charge is 2.20.